The molecule has 18 heavy (non-hydrogen) atoms. The SMILES string of the molecule is Cc1ccc(C(CN)N(CC(C)C)C2CC2)cn1. The first-order valence-electron chi connectivity index (χ1n) is 7.00. The molecule has 1 atom stereocenters. The Balaban J connectivity index is 2.16. The summed E-state index contributed by atoms with van der Waals surface area (Å²) in [5, 5.41) is 0. The van der Waals surface area contributed by atoms with E-state index in [4.69, 9.17) is 5.73 Å². The average Bonchev–Trinajstić information content (AvgIpc) is 3.14. The van der Waals surface area contributed by atoms with Crippen molar-refractivity contribution < 1.29 is 0 Å². The highest BCUT2D eigenvalue weighted by molar-refractivity contribution is 5.18. The lowest BCUT2D eigenvalue weighted by molar-refractivity contribution is 0.169. The standard InChI is InChI=1S/C15H25N3/c1-11(2)10-18(14-6-7-14)15(8-16)13-5-4-12(3)17-9-13/h4-5,9,11,14-15H,6-8,10,16H2,1-3H3. The van der Waals surface area contributed by atoms with Gasteiger partial charge in [0.25, 0.3) is 0 Å². The van der Waals surface area contributed by atoms with Gasteiger partial charge >= 0.3 is 0 Å². The number of aryl methyl sites for hydroxylation is 1. The monoisotopic (exact) mass is 247 g/mol. The van der Waals surface area contributed by atoms with Crippen LogP contribution in [-0.4, -0.2) is 29.0 Å². The van der Waals surface area contributed by atoms with E-state index in [1.807, 2.05) is 13.1 Å². The van der Waals surface area contributed by atoms with E-state index in [2.05, 4.69) is 35.9 Å². The fraction of sp³-hybridized carbons (Fsp3) is 0.667. The highest BCUT2D eigenvalue weighted by atomic mass is 15.2. The molecule has 2 rings (SSSR count). The third-order valence-electron chi connectivity index (χ3n) is 3.53. The second-order valence-corrected chi connectivity index (χ2v) is 5.81. The lowest BCUT2D eigenvalue weighted by atomic mass is 10.0. The van der Waals surface area contributed by atoms with Crippen molar-refractivity contribution in [3.63, 3.8) is 0 Å². The van der Waals surface area contributed by atoms with Crippen LogP contribution in [0.3, 0.4) is 0 Å². The molecule has 0 saturated heterocycles. The Morgan fingerprint density at radius 3 is 2.56 bits per heavy atom. The molecule has 0 amide bonds. The van der Waals surface area contributed by atoms with E-state index < -0.39 is 0 Å². The van der Waals surface area contributed by atoms with Gasteiger partial charge in [-0.15, -0.1) is 0 Å². The first-order chi connectivity index (χ1) is 8.61. The third-order valence-corrected chi connectivity index (χ3v) is 3.53. The van der Waals surface area contributed by atoms with Gasteiger partial charge in [0.1, 0.15) is 0 Å². The minimum Gasteiger partial charge on any atom is -0.329 e. The molecular formula is C15H25N3. The molecule has 0 spiro atoms. The van der Waals surface area contributed by atoms with Crippen LogP contribution in [0.25, 0.3) is 0 Å². The summed E-state index contributed by atoms with van der Waals surface area (Å²) in [4.78, 5) is 6.99. The van der Waals surface area contributed by atoms with Crippen molar-refractivity contribution in [1.29, 1.82) is 0 Å². The van der Waals surface area contributed by atoms with Crippen LogP contribution in [0.2, 0.25) is 0 Å². The quantitative estimate of drug-likeness (QED) is 0.840. The molecule has 1 aliphatic rings. The molecule has 1 unspecified atom stereocenters. The summed E-state index contributed by atoms with van der Waals surface area (Å²) in [7, 11) is 0. The van der Waals surface area contributed by atoms with Gasteiger partial charge in [-0.3, -0.25) is 9.88 Å². The summed E-state index contributed by atoms with van der Waals surface area (Å²) in [6.45, 7) is 8.37. The number of pyridine rings is 1. The van der Waals surface area contributed by atoms with Crippen LogP contribution in [0.4, 0.5) is 0 Å². The van der Waals surface area contributed by atoms with Crippen molar-refractivity contribution in [2.24, 2.45) is 11.7 Å². The maximum Gasteiger partial charge on any atom is 0.0488 e. The Hall–Kier alpha value is -0.930. The number of hydrogen-bond donors (Lipinski definition) is 1. The fourth-order valence-electron chi connectivity index (χ4n) is 2.50. The Bertz CT molecular complexity index is 368. The molecule has 3 nitrogen and oxygen atoms in total. The zero-order valence-electron chi connectivity index (χ0n) is 11.8. The van der Waals surface area contributed by atoms with E-state index in [9.17, 15) is 0 Å². The Morgan fingerprint density at radius 1 is 1.39 bits per heavy atom. The zero-order valence-corrected chi connectivity index (χ0v) is 11.8. The molecule has 100 valence electrons. The first-order valence-corrected chi connectivity index (χ1v) is 7.00. The zero-order chi connectivity index (χ0) is 13.1. The Kier molecular flexibility index (Phi) is 4.36. The summed E-state index contributed by atoms with van der Waals surface area (Å²) in [6, 6.07) is 5.32. The molecule has 1 aromatic heterocycles. The summed E-state index contributed by atoms with van der Waals surface area (Å²) >= 11 is 0. The Morgan fingerprint density at radius 2 is 2.11 bits per heavy atom. The highest BCUT2D eigenvalue weighted by Gasteiger charge is 2.34. The van der Waals surface area contributed by atoms with Gasteiger partial charge in [-0.2, -0.15) is 0 Å². The van der Waals surface area contributed by atoms with Crippen LogP contribution in [0, 0.1) is 12.8 Å². The van der Waals surface area contributed by atoms with Gasteiger partial charge in [0.2, 0.25) is 0 Å². The van der Waals surface area contributed by atoms with Crippen LogP contribution < -0.4 is 5.73 Å². The maximum atomic E-state index is 6.02. The predicted octanol–water partition coefficient (Wildman–Crippen LogP) is 2.51. The molecule has 1 aromatic rings. The van der Waals surface area contributed by atoms with E-state index >= 15 is 0 Å². The van der Waals surface area contributed by atoms with Crippen molar-refractivity contribution in [3.05, 3.63) is 29.6 Å². The fourth-order valence-corrected chi connectivity index (χ4v) is 2.50. The average molecular weight is 247 g/mol. The normalized spacial score (nSPS) is 17.4. The smallest absolute Gasteiger partial charge is 0.0488 e. The van der Waals surface area contributed by atoms with Crippen molar-refractivity contribution in [3.8, 4) is 0 Å². The van der Waals surface area contributed by atoms with Crippen molar-refractivity contribution in [1.82, 2.24) is 9.88 Å². The molecule has 0 aliphatic heterocycles. The minimum absolute atomic E-state index is 0.327. The van der Waals surface area contributed by atoms with Gasteiger partial charge in [-0.1, -0.05) is 19.9 Å². The lowest BCUT2D eigenvalue weighted by Crippen LogP contribution is -2.38. The molecule has 2 N–H and O–H groups in total. The van der Waals surface area contributed by atoms with Crippen LogP contribution in [0.1, 0.15) is 44.0 Å². The van der Waals surface area contributed by atoms with Gasteiger partial charge in [-0.25, -0.2) is 0 Å². The van der Waals surface area contributed by atoms with E-state index in [0.717, 1.165) is 18.3 Å². The molecule has 1 heterocycles. The van der Waals surface area contributed by atoms with Crippen molar-refractivity contribution in [2.45, 2.75) is 45.7 Å². The molecule has 0 bridgehead atoms. The van der Waals surface area contributed by atoms with Crippen LogP contribution in [-0.2, 0) is 0 Å². The van der Waals surface area contributed by atoms with Crippen molar-refractivity contribution >= 4 is 0 Å². The number of nitrogens with zero attached hydrogens (tertiary/aromatic N) is 2. The number of hydrogen-bond acceptors (Lipinski definition) is 3. The van der Waals surface area contributed by atoms with Crippen LogP contribution >= 0.6 is 0 Å². The summed E-state index contributed by atoms with van der Waals surface area (Å²) in [5.41, 5.74) is 8.34. The molecule has 3 heteroatoms. The van der Waals surface area contributed by atoms with Gasteiger partial charge < -0.3 is 5.73 Å². The van der Waals surface area contributed by atoms with Crippen LogP contribution in [0.5, 0.6) is 0 Å². The third kappa shape index (κ3) is 3.30. The molecule has 1 fully saturated rings. The molecule has 0 aromatic carbocycles. The number of aromatic nitrogens is 1. The molecular weight excluding hydrogens is 222 g/mol. The molecule has 0 radical (unpaired) electrons. The summed E-state index contributed by atoms with van der Waals surface area (Å²) < 4.78 is 0. The summed E-state index contributed by atoms with van der Waals surface area (Å²) in [6.07, 6.45) is 4.63. The topological polar surface area (TPSA) is 42.1 Å². The van der Waals surface area contributed by atoms with Gasteiger partial charge in [0.05, 0.1) is 0 Å². The largest absolute Gasteiger partial charge is 0.329 e. The second kappa shape index (κ2) is 5.81. The molecule has 1 saturated carbocycles. The number of nitrogens with two attached hydrogens (primary N) is 1. The van der Waals surface area contributed by atoms with E-state index in [0.29, 0.717) is 18.5 Å². The second-order valence-electron chi connectivity index (χ2n) is 5.81. The maximum absolute atomic E-state index is 6.02. The van der Waals surface area contributed by atoms with Crippen LogP contribution in [0.15, 0.2) is 18.3 Å². The van der Waals surface area contributed by atoms with Crippen molar-refractivity contribution in [2.75, 3.05) is 13.1 Å². The van der Waals surface area contributed by atoms with E-state index in [1.54, 1.807) is 0 Å². The Labute approximate surface area is 110 Å². The number of rotatable bonds is 6. The minimum atomic E-state index is 0.327. The lowest BCUT2D eigenvalue weighted by Gasteiger charge is -2.32. The first kappa shape index (κ1) is 13.5. The molecule has 1 aliphatic carbocycles. The van der Waals surface area contributed by atoms with Gasteiger partial charge in [-0.05, 0) is 37.3 Å². The summed E-state index contributed by atoms with van der Waals surface area (Å²) in [5.74, 6) is 0.679. The van der Waals surface area contributed by atoms with E-state index in [-0.39, 0.29) is 0 Å². The van der Waals surface area contributed by atoms with Gasteiger partial charge in [0.15, 0.2) is 0 Å². The highest BCUT2D eigenvalue weighted by Crippen LogP contribution is 2.34. The van der Waals surface area contributed by atoms with E-state index in [1.165, 1.54) is 18.4 Å². The van der Waals surface area contributed by atoms with Gasteiger partial charge in [0, 0.05) is 37.1 Å². The predicted molar refractivity (Wildman–Crippen MR) is 75.3 cm³/mol.